The van der Waals surface area contributed by atoms with Crippen LogP contribution in [0.4, 0.5) is 8.78 Å². The van der Waals surface area contributed by atoms with Crippen molar-refractivity contribution in [2.45, 2.75) is 20.1 Å². The van der Waals surface area contributed by atoms with Crippen molar-refractivity contribution in [3.05, 3.63) is 23.8 Å². The molecule has 0 aliphatic rings. The normalized spacial score (nSPS) is 12.5. The van der Waals surface area contributed by atoms with Crippen molar-refractivity contribution >= 4 is 0 Å². The first-order valence-electron chi connectivity index (χ1n) is 6.00. The van der Waals surface area contributed by atoms with Crippen molar-refractivity contribution in [3.63, 3.8) is 0 Å². The van der Waals surface area contributed by atoms with Gasteiger partial charge < -0.3 is 19.9 Å². The zero-order valence-corrected chi connectivity index (χ0v) is 11.0. The van der Waals surface area contributed by atoms with E-state index in [0.29, 0.717) is 13.1 Å². The first kappa shape index (κ1) is 15.7. The van der Waals surface area contributed by atoms with E-state index in [1.807, 2.05) is 6.92 Å². The lowest BCUT2D eigenvalue weighted by Crippen LogP contribution is -2.22. The summed E-state index contributed by atoms with van der Waals surface area (Å²) in [6.45, 7) is 0.414. The van der Waals surface area contributed by atoms with Gasteiger partial charge in [0.25, 0.3) is 0 Å². The van der Waals surface area contributed by atoms with Gasteiger partial charge in [0, 0.05) is 19.7 Å². The summed E-state index contributed by atoms with van der Waals surface area (Å²) in [6.07, 6.45) is 0. The fraction of sp³-hybridized carbons (Fsp3) is 0.538. The number of aliphatic hydroxyl groups excluding tert-OH is 1. The number of halogens is 2. The van der Waals surface area contributed by atoms with Crippen LogP contribution in [0.25, 0.3) is 0 Å². The Morgan fingerprint density at radius 3 is 2.63 bits per heavy atom. The van der Waals surface area contributed by atoms with Crippen LogP contribution in [0.15, 0.2) is 18.2 Å². The Labute approximate surface area is 111 Å². The van der Waals surface area contributed by atoms with Crippen molar-refractivity contribution in [1.29, 1.82) is 0 Å². The largest absolute Gasteiger partial charge is 0.493 e. The predicted molar refractivity (Wildman–Crippen MR) is 67.6 cm³/mol. The van der Waals surface area contributed by atoms with Crippen LogP contribution >= 0.6 is 0 Å². The first-order chi connectivity index (χ1) is 9.06. The van der Waals surface area contributed by atoms with Gasteiger partial charge in [-0.05, 0) is 23.6 Å². The molecule has 108 valence electrons. The standard InChI is InChI=1S/C13H19F2NO3/c1-9(8-17)6-16-7-10-3-4-11(19-13(14)15)12(5-10)18-2/h3-5,9,13,16-17H,6-8H2,1-2H3. The van der Waals surface area contributed by atoms with Gasteiger partial charge in [0.2, 0.25) is 0 Å². The third-order valence-corrected chi connectivity index (χ3v) is 2.58. The smallest absolute Gasteiger partial charge is 0.387 e. The minimum atomic E-state index is -2.87. The SMILES string of the molecule is COc1cc(CNCC(C)CO)ccc1OC(F)F. The Hall–Kier alpha value is -1.40. The van der Waals surface area contributed by atoms with E-state index in [2.05, 4.69) is 10.1 Å². The highest BCUT2D eigenvalue weighted by Gasteiger charge is 2.11. The maximum atomic E-state index is 12.2. The van der Waals surface area contributed by atoms with Crippen LogP contribution in [-0.4, -0.2) is 32.0 Å². The average Bonchev–Trinajstić information content (AvgIpc) is 2.39. The second-order valence-corrected chi connectivity index (χ2v) is 4.28. The van der Waals surface area contributed by atoms with Crippen LogP contribution in [0.3, 0.4) is 0 Å². The molecule has 0 radical (unpaired) electrons. The van der Waals surface area contributed by atoms with Gasteiger partial charge in [-0.25, -0.2) is 0 Å². The molecule has 1 unspecified atom stereocenters. The average molecular weight is 275 g/mol. The molecule has 1 rings (SSSR count). The van der Waals surface area contributed by atoms with Crippen LogP contribution in [0.1, 0.15) is 12.5 Å². The second-order valence-electron chi connectivity index (χ2n) is 4.28. The van der Waals surface area contributed by atoms with Gasteiger partial charge in [-0.1, -0.05) is 13.0 Å². The minimum Gasteiger partial charge on any atom is -0.493 e. The second kappa shape index (κ2) is 7.91. The first-order valence-corrected chi connectivity index (χ1v) is 6.00. The summed E-state index contributed by atoms with van der Waals surface area (Å²) < 4.78 is 33.7. The van der Waals surface area contributed by atoms with E-state index in [4.69, 9.17) is 9.84 Å². The summed E-state index contributed by atoms with van der Waals surface area (Å²) in [5.41, 5.74) is 0.892. The molecule has 6 heteroatoms. The molecular formula is C13H19F2NO3. The minimum absolute atomic E-state index is 0.0185. The molecule has 1 aromatic rings. The number of rotatable bonds is 8. The molecule has 4 nitrogen and oxygen atoms in total. The lowest BCUT2D eigenvalue weighted by molar-refractivity contribution is -0.0512. The van der Waals surface area contributed by atoms with E-state index >= 15 is 0 Å². The molecule has 0 aliphatic carbocycles. The summed E-state index contributed by atoms with van der Waals surface area (Å²) in [4.78, 5) is 0. The summed E-state index contributed by atoms with van der Waals surface area (Å²) >= 11 is 0. The molecule has 1 aromatic carbocycles. The van der Waals surface area contributed by atoms with Crippen molar-refractivity contribution in [2.75, 3.05) is 20.3 Å². The topological polar surface area (TPSA) is 50.7 Å². The highest BCUT2D eigenvalue weighted by molar-refractivity contribution is 5.42. The zero-order valence-electron chi connectivity index (χ0n) is 11.0. The monoisotopic (exact) mass is 275 g/mol. The molecule has 19 heavy (non-hydrogen) atoms. The fourth-order valence-corrected chi connectivity index (χ4v) is 1.54. The van der Waals surface area contributed by atoms with Crippen molar-refractivity contribution in [2.24, 2.45) is 5.92 Å². The highest BCUT2D eigenvalue weighted by Crippen LogP contribution is 2.29. The number of alkyl halides is 2. The van der Waals surface area contributed by atoms with Crippen LogP contribution in [0.5, 0.6) is 11.5 Å². The van der Waals surface area contributed by atoms with E-state index in [0.717, 1.165) is 5.56 Å². The van der Waals surface area contributed by atoms with Gasteiger partial charge in [0.15, 0.2) is 11.5 Å². The Morgan fingerprint density at radius 2 is 2.05 bits per heavy atom. The number of aliphatic hydroxyl groups is 1. The Morgan fingerprint density at radius 1 is 1.32 bits per heavy atom. The van der Waals surface area contributed by atoms with Crippen LogP contribution in [0, 0.1) is 5.92 Å². The summed E-state index contributed by atoms with van der Waals surface area (Å²) in [5.74, 6) is 0.461. The third-order valence-electron chi connectivity index (χ3n) is 2.58. The van der Waals surface area contributed by atoms with E-state index in [-0.39, 0.29) is 24.0 Å². The summed E-state index contributed by atoms with van der Waals surface area (Å²) in [6, 6.07) is 4.79. The van der Waals surface area contributed by atoms with E-state index in [1.165, 1.54) is 13.2 Å². The highest BCUT2D eigenvalue weighted by atomic mass is 19.3. The third kappa shape index (κ3) is 5.40. The van der Waals surface area contributed by atoms with E-state index in [1.54, 1.807) is 12.1 Å². The van der Waals surface area contributed by atoms with Gasteiger partial charge >= 0.3 is 6.61 Å². The summed E-state index contributed by atoms with van der Waals surface area (Å²) in [7, 11) is 1.40. The molecule has 2 N–H and O–H groups in total. The molecular weight excluding hydrogens is 256 g/mol. The van der Waals surface area contributed by atoms with Gasteiger partial charge in [0.1, 0.15) is 0 Å². The summed E-state index contributed by atoms with van der Waals surface area (Å²) in [5, 5.41) is 12.0. The Bertz CT molecular complexity index is 388. The fourth-order valence-electron chi connectivity index (χ4n) is 1.54. The predicted octanol–water partition coefficient (Wildman–Crippen LogP) is 2.01. The molecule has 0 spiro atoms. The van der Waals surface area contributed by atoms with Crippen molar-refractivity contribution in [1.82, 2.24) is 5.32 Å². The lowest BCUT2D eigenvalue weighted by atomic mass is 10.1. The lowest BCUT2D eigenvalue weighted by Gasteiger charge is -2.13. The van der Waals surface area contributed by atoms with Gasteiger partial charge in [-0.3, -0.25) is 0 Å². The van der Waals surface area contributed by atoms with Gasteiger partial charge in [-0.2, -0.15) is 8.78 Å². The Kier molecular flexibility index (Phi) is 6.52. The Balaban J connectivity index is 2.61. The van der Waals surface area contributed by atoms with Gasteiger partial charge in [-0.15, -0.1) is 0 Å². The van der Waals surface area contributed by atoms with Crippen molar-refractivity contribution in [3.8, 4) is 11.5 Å². The van der Waals surface area contributed by atoms with Crippen LogP contribution < -0.4 is 14.8 Å². The number of hydrogen-bond acceptors (Lipinski definition) is 4. The number of methoxy groups -OCH3 is 1. The molecule has 0 aromatic heterocycles. The van der Waals surface area contributed by atoms with Crippen molar-refractivity contribution < 1.29 is 23.4 Å². The molecule has 0 saturated carbocycles. The molecule has 0 fully saturated rings. The number of ether oxygens (including phenoxy) is 2. The van der Waals surface area contributed by atoms with Crippen LogP contribution in [0.2, 0.25) is 0 Å². The quantitative estimate of drug-likeness (QED) is 0.762. The molecule has 0 amide bonds. The maximum Gasteiger partial charge on any atom is 0.387 e. The zero-order chi connectivity index (χ0) is 14.3. The molecule has 0 heterocycles. The molecule has 0 saturated heterocycles. The van der Waals surface area contributed by atoms with E-state index < -0.39 is 6.61 Å². The maximum absolute atomic E-state index is 12.2. The molecule has 0 bridgehead atoms. The molecule has 1 atom stereocenters. The molecule has 0 aliphatic heterocycles. The number of benzene rings is 1. The number of hydrogen-bond donors (Lipinski definition) is 2. The van der Waals surface area contributed by atoms with Crippen LogP contribution in [-0.2, 0) is 6.54 Å². The van der Waals surface area contributed by atoms with Gasteiger partial charge in [0.05, 0.1) is 7.11 Å². The van der Waals surface area contributed by atoms with E-state index in [9.17, 15) is 8.78 Å². The number of nitrogens with one attached hydrogen (secondary N) is 1.